The second-order valence-electron chi connectivity index (χ2n) is 3.82. The first kappa shape index (κ1) is 11.1. The van der Waals surface area contributed by atoms with Gasteiger partial charge in [-0.05, 0) is 37.1 Å². The summed E-state index contributed by atoms with van der Waals surface area (Å²) in [5.41, 5.74) is 3.45. The topological polar surface area (TPSA) is 25.0 Å². The molecule has 0 atom stereocenters. The smallest absolute Gasteiger partial charge is 0.119 e. The van der Waals surface area contributed by atoms with Crippen molar-refractivity contribution in [1.29, 1.82) is 0 Å². The van der Waals surface area contributed by atoms with Gasteiger partial charge in [0, 0.05) is 16.6 Å². The molecule has 2 nitrogen and oxygen atoms in total. The average molecular weight is 233 g/mol. The number of rotatable bonds is 2. The van der Waals surface area contributed by atoms with Crippen molar-refractivity contribution >= 4 is 23.1 Å². The Hall–Kier alpha value is -1.35. The zero-order valence-electron chi connectivity index (χ0n) is 9.76. The van der Waals surface area contributed by atoms with E-state index in [0.29, 0.717) is 0 Å². The average Bonchev–Trinajstić information content (AvgIpc) is 2.29. The van der Waals surface area contributed by atoms with Crippen LogP contribution in [0.2, 0.25) is 0 Å². The molecule has 0 spiro atoms. The quantitative estimate of drug-likeness (QED) is 0.799. The molecule has 0 aliphatic carbocycles. The second-order valence-corrected chi connectivity index (χ2v) is 4.23. The number of hydrogen-bond acceptors (Lipinski definition) is 2. The monoisotopic (exact) mass is 233 g/mol. The molecule has 16 heavy (non-hydrogen) atoms. The number of pyridine rings is 1. The Morgan fingerprint density at radius 3 is 2.75 bits per heavy atom. The first-order valence-corrected chi connectivity index (χ1v) is 5.77. The summed E-state index contributed by atoms with van der Waals surface area (Å²) in [7, 11) is 1.67. The third kappa shape index (κ3) is 1.71. The molecule has 1 aromatic carbocycles. The van der Waals surface area contributed by atoms with Crippen molar-refractivity contribution in [3.05, 3.63) is 34.0 Å². The van der Waals surface area contributed by atoms with Crippen molar-refractivity contribution in [3.8, 4) is 5.75 Å². The van der Waals surface area contributed by atoms with E-state index < -0.39 is 0 Å². The van der Waals surface area contributed by atoms with E-state index in [1.54, 1.807) is 7.11 Å². The predicted octanol–water partition coefficient (Wildman–Crippen LogP) is 3.78. The lowest BCUT2D eigenvalue weighted by molar-refractivity contribution is 0.415. The number of aryl methyl sites for hydroxylation is 1. The molecule has 2 rings (SSSR count). The summed E-state index contributed by atoms with van der Waals surface area (Å²) < 4.78 is 6.16. The highest BCUT2D eigenvalue weighted by atomic mass is 32.1. The number of nitrogens with one attached hydrogen (secondary N) is 1. The van der Waals surface area contributed by atoms with E-state index in [1.807, 2.05) is 18.2 Å². The third-order valence-corrected chi connectivity index (χ3v) is 3.34. The van der Waals surface area contributed by atoms with Gasteiger partial charge < -0.3 is 9.72 Å². The summed E-state index contributed by atoms with van der Waals surface area (Å²) in [6, 6.07) is 5.95. The van der Waals surface area contributed by atoms with Gasteiger partial charge in [0.25, 0.3) is 0 Å². The van der Waals surface area contributed by atoms with Crippen LogP contribution in [0.1, 0.15) is 18.2 Å². The second kappa shape index (κ2) is 4.26. The number of ether oxygens (including phenoxy) is 1. The predicted molar refractivity (Wildman–Crippen MR) is 69.8 cm³/mol. The number of aromatic amines is 1. The summed E-state index contributed by atoms with van der Waals surface area (Å²) in [6.45, 7) is 4.19. The van der Waals surface area contributed by atoms with Gasteiger partial charge >= 0.3 is 0 Å². The molecule has 1 heterocycles. The molecule has 0 fully saturated rings. The van der Waals surface area contributed by atoms with Crippen LogP contribution in [-0.2, 0) is 6.42 Å². The van der Waals surface area contributed by atoms with Crippen molar-refractivity contribution in [3.63, 3.8) is 0 Å². The molecule has 3 heteroatoms. The van der Waals surface area contributed by atoms with Gasteiger partial charge in [-0.3, -0.25) is 0 Å². The Morgan fingerprint density at radius 1 is 1.38 bits per heavy atom. The minimum absolute atomic E-state index is 0.845. The van der Waals surface area contributed by atoms with E-state index in [1.165, 1.54) is 5.56 Å². The SMILES string of the molecule is CCc1c(C)[nH]c2ccc(OC)cc2c1=S. The molecule has 1 aromatic heterocycles. The van der Waals surface area contributed by atoms with Crippen LogP contribution >= 0.6 is 12.2 Å². The fourth-order valence-corrected chi connectivity index (χ4v) is 2.45. The highest BCUT2D eigenvalue weighted by molar-refractivity contribution is 7.71. The number of methoxy groups -OCH3 is 1. The highest BCUT2D eigenvalue weighted by Crippen LogP contribution is 2.24. The van der Waals surface area contributed by atoms with Crippen LogP contribution in [0.3, 0.4) is 0 Å². The molecule has 0 radical (unpaired) electrons. The van der Waals surface area contributed by atoms with Crippen LogP contribution < -0.4 is 4.74 Å². The number of H-pyrrole nitrogens is 1. The van der Waals surface area contributed by atoms with Crippen LogP contribution in [0.4, 0.5) is 0 Å². The molecular formula is C13H15NOS. The fraction of sp³-hybridized carbons (Fsp3) is 0.308. The normalized spacial score (nSPS) is 10.7. The first-order chi connectivity index (χ1) is 7.67. The number of benzene rings is 1. The van der Waals surface area contributed by atoms with Gasteiger partial charge in [-0.25, -0.2) is 0 Å². The van der Waals surface area contributed by atoms with Gasteiger partial charge in [-0.15, -0.1) is 0 Å². The molecule has 0 aliphatic heterocycles. The summed E-state index contributed by atoms with van der Waals surface area (Å²) in [5, 5.41) is 1.07. The maximum absolute atomic E-state index is 5.51. The standard InChI is InChI=1S/C13H15NOS/c1-4-10-8(2)14-12-6-5-9(15-3)7-11(12)13(10)16/h5-7H,4H2,1-3H3,(H,14,16). The Labute approximate surface area is 100 Å². The zero-order chi connectivity index (χ0) is 11.7. The Balaban J connectivity index is 2.84. The first-order valence-electron chi connectivity index (χ1n) is 5.37. The Morgan fingerprint density at radius 2 is 2.12 bits per heavy atom. The van der Waals surface area contributed by atoms with Gasteiger partial charge in [0.2, 0.25) is 0 Å². The maximum Gasteiger partial charge on any atom is 0.119 e. The molecule has 0 saturated heterocycles. The minimum atomic E-state index is 0.845. The van der Waals surface area contributed by atoms with E-state index in [9.17, 15) is 0 Å². The molecule has 0 saturated carbocycles. The lowest BCUT2D eigenvalue weighted by atomic mass is 10.1. The van der Waals surface area contributed by atoms with Crippen LogP contribution in [0, 0.1) is 11.4 Å². The number of hydrogen-bond donors (Lipinski definition) is 1. The number of aromatic nitrogens is 1. The molecule has 0 amide bonds. The van der Waals surface area contributed by atoms with Gasteiger partial charge in [0.05, 0.1) is 11.6 Å². The summed E-state index contributed by atoms with van der Waals surface area (Å²) in [5.74, 6) is 0.845. The van der Waals surface area contributed by atoms with E-state index in [4.69, 9.17) is 17.0 Å². The van der Waals surface area contributed by atoms with E-state index in [0.717, 1.165) is 33.3 Å². The lowest BCUT2D eigenvalue weighted by Gasteiger charge is -2.09. The Kier molecular flexibility index (Phi) is 2.97. The number of fused-ring (bicyclic) bond motifs is 1. The summed E-state index contributed by atoms with van der Waals surface area (Å²) in [6.07, 6.45) is 0.953. The van der Waals surface area contributed by atoms with E-state index in [2.05, 4.69) is 18.8 Å². The molecule has 84 valence electrons. The molecule has 0 aliphatic rings. The van der Waals surface area contributed by atoms with E-state index >= 15 is 0 Å². The summed E-state index contributed by atoms with van der Waals surface area (Å²) >= 11 is 5.51. The molecule has 0 unspecified atom stereocenters. The molecule has 1 N–H and O–H groups in total. The third-order valence-electron chi connectivity index (χ3n) is 2.87. The van der Waals surface area contributed by atoms with Crippen LogP contribution in [0.25, 0.3) is 10.9 Å². The van der Waals surface area contributed by atoms with Gasteiger partial charge in [0.15, 0.2) is 0 Å². The van der Waals surface area contributed by atoms with Gasteiger partial charge in [-0.1, -0.05) is 19.1 Å². The molecule has 2 aromatic rings. The van der Waals surface area contributed by atoms with Crippen LogP contribution in [0.5, 0.6) is 5.75 Å². The van der Waals surface area contributed by atoms with Crippen molar-refractivity contribution < 1.29 is 4.74 Å². The summed E-state index contributed by atoms with van der Waals surface area (Å²) in [4.78, 5) is 3.38. The van der Waals surface area contributed by atoms with Gasteiger partial charge in [0.1, 0.15) is 5.75 Å². The van der Waals surface area contributed by atoms with Crippen molar-refractivity contribution in [2.45, 2.75) is 20.3 Å². The van der Waals surface area contributed by atoms with Crippen LogP contribution in [-0.4, -0.2) is 12.1 Å². The lowest BCUT2D eigenvalue weighted by Crippen LogP contribution is -1.94. The van der Waals surface area contributed by atoms with Gasteiger partial charge in [-0.2, -0.15) is 0 Å². The maximum atomic E-state index is 5.51. The molecule has 0 bridgehead atoms. The largest absolute Gasteiger partial charge is 0.497 e. The fourth-order valence-electron chi connectivity index (χ4n) is 1.98. The van der Waals surface area contributed by atoms with Crippen molar-refractivity contribution in [2.24, 2.45) is 0 Å². The minimum Gasteiger partial charge on any atom is -0.497 e. The Bertz CT molecular complexity index is 586. The zero-order valence-corrected chi connectivity index (χ0v) is 10.6. The van der Waals surface area contributed by atoms with E-state index in [-0.39, 0.29) is 0 Å². The van der Waals surface area contributed by atoms with Crippen LogP contribution in [0.15, 0.2) is 18.2 Å². The van der Waals surface area contributed by atoms with Crippen molar-refractivity contribution in [1.82, 2.24) is 4.98 Å². The highest BCUT2D eigenvalue weighted by Gasteiger charge is 2.05. The van der Waals surface area contributed by atoms with Crippen molar-refractivity contribution in [2.75, 3.05) is 7.11 Å². The molecular weight excluding hydrogens is 218 g/mol.